The molecule has 0 amide bonds. The first kappa shape index (κ1) is 72.5. The van der Waals surface area contributed by atoms with E-state index in [9.17, 15) is 28.4 Å². The molecule has 0 N–H and O–H groups in total. The van der Waals surface area contributed by atoms with Gasteiger partial charge in [-0.15, -0.1) is 0 Å². The fourth-order valence-electron chi connectivity index (χ4n) is 8.19. The van der Waals surface area contributed by atoms with E-state index in [2.05, 4.69) is 41.5 Å². The van der Waals surface area contributed by atoms with Crippen molar-refractivity contribution in [1.82, 2.24) is 0 Å². The molecule has 0 saturated carbocycles. The van der Waals surface area contributed by atoms with E-state index in [4.69, 9.17) is 0 Å². The van der Waals surface area contributed by atoms with Crippen molar-refractivity contribution >= 4 is 22.1 Å². The van der Waals surface area contributed by atoms with E-state index >= 15 is 0 Å². The van der Waals surface area contributed by atoms with Gasteiger partial charge in [0, 0.05) is 22.1 Å². The molecule has 0 aliphatic rings. The van der Waals surface area contributed by atoms with Gasteiger partial charge in [0.15, 0.2) is 0 Å². The van der Waals surface area contributed by atoms with Gasteiger partial charge in [-0.1, -0.05) is 273 Å². The normalized spacial score (nSPS) is 11.8. The molecule has 6 nitrogen and oxygen atoms in total. The SMILES string of the molecule is CCCCCCCCCP(=O)([O-])CCCCCCCCC.CCCCCCCCCP(=O)([O-])CCCCCCCCC.CCCCCCCCCP(=O)([O-])CCCCCCCCC.[Nd+3]. The summed E-state index contributed by atoms with van der Waals surface area (Å²) in [5.74, 6) is 0. The molecule has 0 aromatic rings. The van der Waals surface area contributed by atoms with Crippen LogP contribution in [0.15, 0.2) is 0 Å². The molecular weight excluding hydrogens is 982 g/mol. The summed E-state index contributed by atoms with van der Waals surface area (Å²) in [5, 5.41) is 0. The summed E-state index contributed by atoms with van der Waals surface area (Å²) in [6, 6.07) is 0. The van der Waals surface area contributed by atoms with Crippen molar-refractivity contribution in [3.63, 3.8) is 0 Å². The first-order valence-corrected chi connectivity index (χ1v) is 34.2. The van der Waals surface area contributed by atoms with Crippen LogP contribution in [0.4, 0.5) is 0 Å². The van der Waals surface area contributed by atoms with Crippen molar-refractivity contribution in [3.8, 4) is 0 Å². The van der Waals surface area contributed by atoms with E-state index in [0.29, 0.717) is 37.0 Å². The van der Waals surface area contributed by atoms with Crippen molar-refractivity contribution < 1.29 is 69.2 Å². The Kier molecular flexibility index (Phi) is 65.1. The second-order valence-corrected chi connectivity index (χ2v) is 27.1. The Morgan fingerprint density at radius 1 is 0.203 bits per heavy atom. The topological polar surface area (TPSA) is 120 Å². The summed E-state index contributed by atoms with van der Waals surface area (Å²) in [6.07, 6.45) is 52.7. The van der Waals surface area contributed by atoms with Crippen molar-refractivity contribution in [3.05, 3.63) is 0 Å². The monoisotopic (exact) mass is 1090 g/mol. The Labute approximate surface area is 436 Å². The quantitative estimate of drug-likeness (QED) is 0.0442. The molecule has 0 saturated heterocycles. The number of hydrogen-bond donors (Lipinski definition) is 0. The second-order valence-electron chi connectivity index (χ2n) is 19.5. The third-order valence-electron chi connectivity index (χ3n) is 12.6. The maximum absolute atomic E-state index is 11.9. The molecule has 0 bridgehead atoms. The van der Waals surface area contributed by atoms with Crippen LogP contribution in [-0.2, 0) is 13.7 Å². The van der Waals surface area contributed by atoms with Gasteiger partial charge in [0.25, 0.3) is 0 Å². The van der Waals surface area contributed by atoms with Crippen LogP contribution in [0.25, 0.3) is 0 Å². The van der Waals surface area contributed by atoms with E-state index in [1.54, 1.807) is 0 Å². The first-order valence-electron chi connectivity index (χ1n) is 28.2. The molecule has 0 aliphatic carbocycles. The van der Waals surface area contributed by atoms with E-state index < -0.39 is 22.1 Å². The molecule has 0 aliphatic heterocycles. The van der Waals surface area contributed by atoms with Gasteiger partial charge >= 0.3 is 40.8 Å². The zero-order chi connectivity index (χ0) is 47.4. The van der Waals surface area contributed by atoms with E-state index in [1.165, 1.54) is 193 Å². The largest absolute Gasteiger partial charge is 3.00 e. The zero-order valence-corrected chi connectivity index (χ0v) is 50.1. The Hall–Kier alpha value is 1.92. The molecule has 0 unspecified atom stereocenters. The minimum Gasteiger partial charge on any atom is -0.799 e. The molecule has 0 aromatic carbocycles. The van der Waals surface area contributed by atoms with Crippen LogP contribution < -0.4 is 14.7 Å². The standard InChI is InChI=1S/3C18H39O2P.Nd/c3*1-3-5-7-9-11-13-15-17-21(19,20)18-16-14-12-10-8-6-4-2;/h3*3-18H2,1-2H3,(H,19,20);/q;;;+3/p-3. The van der Waals surface area contributed by atoms with Crippen molar-refractivity contribution in [2.24, 2.45) is 0 Å². The van der Waals surface area contributed by atoms with Crippen LogP contribution in [0.2, 0.25) is 0 Å². The molecule has 10 heteroatoms. The van der Waals surface area contributed by atoms with Crippen LogP contribution in [0.5, 0.6) is 0 Å². The summed E-state index contributed by atoms with van der Waals surface area (Å²) in [4.78, 5) is 35.8. The summed E-state index contributed by atoms with van der Waals surface area (Å²) < 4.78 is 35.8. The van der Waals surface area contributed by atoms with E-state index in [0.717, 1.165) is 77.0 Å². The smallest absolute Gasteiger partial charge is 0.799 e. The van der Waals surface area contributed by atoms with Crippen molar-refractivity contribution in [2.75, 3.05) is 37.0 Å². The molecule has 0 rings (SSSR count). The minimum atomic E-state index is -3.07. The summed E-state index contributed by atoms with van der Waals surface area (Å²) in [5.41, 5.74) is 0. The van der Waals surface area contributed by atoms with Crippen LogP contribution in [-0.4, -0.2) is 37.0 Å². The minimum absolute atomic E-state index is 0. The molecule has 0 aromatic heterocycles. The van der Waals surface area contributed by atoms with Gasteiger partial charge < -0.3 is 28.4 Å². The van der Waals surface area contributed by atoms with Gasteiger partial charge in [0.1, 0.15) is 0 Å². The predicted octanol–water partition coefficient (Wildman–Crippen LogP) is 18.4. The van der Waals surface area contributed by atoms with Crippen LogP contribution >= 0.6 is 22.1 Å². The Balaban J connectivity index is -0.000000419. The average Bonchev–Trinajstić information content (AvgIpc) is 3.25. The van der Waals surface area contributed by atoms with Crippen LogP contribution in [0.1, 0.15) is 311 Å². The van der Waals surface area contributed by atoms with Gasteiger partial charge in [0.2, 0.25) is 0 Å². The molecule has 0 fully saturated rings. The maximum Gasteiger partial charge on any atom is 3.00 e. The first-order chi connectivity index (χ1) is 30.4. The predicted molar refractivity (Wildman–Crippen MR) is 280 cm³/mol. The van der Waals surface area contributed by atoms with E-state index in [1.807, 2.05) is 0 Å². The number of rotatable bonds is 48. The fraction of sp³-hybridized carbons (Fsp3) is 1.00. The molecule has 1 radical (unpaired) electrons. The third kappa shape index (κ3) is 66.0. The molecular formula is C54H114NdO6P3. The van der Waals surface area contributed by atoms with Crippen LogP contribution in [0, 0.1) is 40.8 Å². The summed E-state index contributed by atoms with van der Waals surface area (Å²) in [6.45, 7) is 13.3. The van der Waals surface area contributed by atoms with Gasteiger partial charge in [0.05, 0.1) is 0 Å². The zero-order valence-electron chi connectivity index (χ0n) is 44.2. The molecule has 0 spiro atoms. The molecule has 0 heterocycles. The third-order valence-corrected chi connectivity index (χ3v) is 18.6. The van der Waals surface area contributed by atoms with Gasteiger partial charge in [-0.2, -0.15) is 0 Å². The van der Waals surface area contributed by atoms with Gasteiger partial charge in [-0.05, 0) is 75.5 Å². The Bertz CT molecular complexity index is 826. The molecule has 385 valence electrons. The van der Waals surface area contributed by atoms with Gasteiger partial charge in [-0.25, -0.2) is 0 Å². The van der Waals surface area contributed by atoms with Crippen LogP contribution in [0.3, 0.4) is 0 Å². The Morgan fingerprint density at radius 2 is 0.297 bits per heavy atom. The van der Waals surface area contributed by atoms with Gasteiger partial charge in [-0.3, -0.25) is 0 Å². The number of unbranched alkanes of at least 4 members (excludes halogenated alkanes) is 36. The summed E-state index contributed by atoms with van der Waals surface area (Å²) >= 11 is 0. The van der Waals surface area contributed by atoms with Crippen molar-refractivity contribution in [2.45, 2.75) is 311 Å². The second kappa shape index (κ2) is 57.5. The average molecular weight is 1100 g/mol. The number of hydrogen-bond acceptors (Lipinski definition) is 6. The fourth-order valence-corrected chi connectivity index (χ4v) is 13.1. The van der Waals surface area contributed by atoms with Crippen molar-refractivity contribution in [1.29, 1.82) is 0 Å². The maximum atomic E-state index is 11.9. The Morgan fingerprint density at radius 3 is 0.406 bits per heavy atom. The molecule has 0 atom stereocenters. The van der Waals surface area contributed by atoms with E-state index in [-0.39, 0.29) is 40.8 Å². The summed E-state index contributed by atoms with van der Waals surface area (Å²) in [7, 11) is -9.20. The molecule has 64 heavy (non-hydrogen) atoms.